The second kappa shape index (κ2) is 8.53. The zero-order chi connectivity index (χ0) is 19.3. The van der Waals surface area contributed by atoms with Gasteiger partial charge in [-0.1, -0.05) is 0 Å². The first-order chi connectivity index (χ1) is 12.3. The Bertz CT molecular complexity index is 745. The summed E-state index contributed by atoms with van der Waals surface area (Å²) in [5.74, 6) is 0.292. The van der Waals surface area contributed by atoms with E-state index in [4.69, 9.17) is 4.74 Å². The van der Waals surface area contributed by atoms with Crippen molar-refractivity contribution in [1.82, 2.24) is 4.90 Å². The minimum Gasteiger partial charge on any atom is -0.494 e. The SMILES string of the molecule is CCOc1ccc(N(CC(=O)N(CC)C2CCS(=O)(=O)C2)C(C)=O)cc1. The van der Waals surface area contributed by atoms with Crippen molar-refractivity contribution < 1.29 is 22.7 Å². The number of carbonyl (C=O) groups excluding carboxylic acids is 2. The lowest BCUT2D eigenvalue weighted by Crippen LogP contribution is -2.47. The number of amides is 2. The number of likely N-dealkylation sites (N-methyl/N-ethyl adjacent to an activating group) is 1. The van der Waals surface area contributed by atoms with Crippen LogP contribution in [0.4, 0.5) is 5.69 Å². The van der Waals surface area contributed by atoms with Gasteiger partial charge in [0, 0.05) is 25.2 Å². The second-order valence-electron chi connectivity index (χ2n) is 6.27. The second-order valence-corrected chi connectivity index (χ2v) is 8.50. The molecule has 1 unspecified atom stereocenters. The molecule has 0 saturated carbocycles. The van der Waals surface area contributed by atoms with Crippen LogP contribution in [0.3, 0.4) is 0 Å². The van der Waals surface area contributed by atoms with Crippen molar-refractivity contribution in [3.8, 4) is 5.75 Å². The molecule has 1 saturated heterocycles. The molecule has 8 heteroatoms. The van der Waals surface area contributed by atoms with Crippen LogP contribution < -0.4 is 9.64 Å². The van der Waals surface area contributed by atoms with Gasteiger partial charge in [0.05, 0.1) is 18.1 Å². The minimum atomic E-state index is -3.08. The first-order valence-corrected chi connectivity index (χ1v) is 10.6. The number of sulfone groups is 1. The van der Waals surface area contributed by atoms with E-state index in [0.717, 1.165) is 0 Å². The van der Waals surface area contributed by atoms with Crippen LogP contribution in [0.2, 0.25) is 0 Å². The molecule has 144 valence electrons. The summed E-state index contributed by atoms with van der Waals surface area (Å²) in [6.07, 6.45) is 0.449. The minimum absolute atomic E-state index is 0.00426. The van der Waals surface area contributed by atoms with Crippen LogP contribution in [0.1, 0.15) is 27.2 Å². The van der Waals surface area contributed by atoms with Crippen LogP contribution in [0.15, 0.2) is 24.3 Å². The van der Waals surface area contributed by atoms with Crippen molar-refractivity contribution in [3.63, 3.8) is 0 Å². The summed E-state index contributed by atoms with van der Waals surface area (Å²) >= 11 is 0. The molecule has 1 aliphatic heterocycles. The first kappa shape index (κ1) is 20.2. The monoisotopic (exact) mass is 382 g/mol. The van der Waals surface area contributed by atoms with Crippen LogP contribution in [0.5, 0.6) is 5.75 Å². The Morgan fingerprint density at radius 1 is 1.19 bits per heavy atom. The number of carbonyl (C=O) groups is 2. The van der Waals surface area contributed by atoms with Crippen molar-refractivity contribution >= 4 is 27.3 Å². The van der Waals surface area contributed by atoms with E-state index in [9.17, 15) is 18.0 Å². The molecule has 26 heavy (non-hydrogen) atoms. The standard InChI is InChI=1S/C18H26N2O5S/c1-4-19(16-10-11-26(23,24)13-16)18(22)12-20(14(3)21)15-6-8-17(9-7-15)25-5-2/h6-9,16H,4-5,10-13H2,1-3H3. The molecule has 1 heterocycles. The zero-order valence-corrected chi connectivity index (χ0v) is 16.3. The maximum absolute atomic E-state index is 12.7. The number of anilines is 1. The Balaban J connectivity index is 2.12. The lowest BCUT2D eigenvalue weighted by Gasteiger charge is -2.30. The van der Waals surface area contributed by atoms with Crippen LogP contribution in [-0.4, -0.2) is 62.4 Å². The smallest absolute Gasteiger partial charge is 0.242 e. The number of ether oxygens (including phenoxy) is 1. The van der Waals surface area contributed by atoms with Crippen LogP contribution in [0.25, 0.3) is 0 Å². The van der Waals surface area contributed by atoms with Crippen molar-refractivity contribution in [2.24, 2.45) is 0 Å². The number of hydrogen-bond acceptors (Lipinski definition) is 5. The van der Waals surface area contributed by atoms with Crippen molar-refractivity contribution in [1.29, 1.82) is 0 Å². The average molecular weight is 382 g/mol. The zero-order valence-electron chi connectivity index (χ0n) is 15.5. The molecule has 1 atom stereocenters. The molecule has 1 fully saturated rings. The van der Waals surface area contributed by atoms with E-state index in [1.165, 1.54) is 11.8 Å². The molecular formula is C18H26N2O5S. The Kier molecular flexibility index (Phi) is 6.63. The molecule has 0 radical (unpaired) electrons. The molecule has 1 aromatic carbocycles. The Morgan fingerprint density at radius 3 is 2.31 bits per heavy atom. The van der Waals surface area contributed by atoms with Gasteiger partial charge in [-0.05, 0) is 44.5 Å². The van der Waals surface area contributed by atoms with Crippen LogP contribution in [-0.2, 0) is 19.4 Å². The van der Waals surface area contributed by atoms with Crippen molar-refractivity contribution in [2.75, 3.05) is 36.1 Å². The van der Waals surface area contributed by atoms with Gasteiger partial charge in [-0.25, -0.2) is 8.42 Å². The summed E-state index contributed by atoms with van der Waals surface area (Å²) in [5.41, 5.74) is 0.601. The van der Waals surface area contributed by atoms with Crippen LogP contribution >= 0.6 is 0 Å². The predicted octanol–water partition coefficient (Wildman–Crippen LogP) is 1.47. The molecule has 2 rings (SSSR count). The summed E-state index contributed by atoms with van der Waals surface area (Å²) in [6, 6.07) is 6.65. The summed E-state index contributed by atoms with van der Waals surface area (Å²) < 4.78 is 28.8. The van der Waals surface area contributed by atoms with Gasteiger partial charge in [-0.2, -0.15) is 0 Å². The number of benzene rings is 1. The molecule has 0 aromatic heterocycles. The lowest BCUT2D eigenvalue weighted by molar-refractivity contribution is -0.132. The van der Waals surface area contributed by atoms with Gasteiger partial charge in [-0.15, -0.1) is 0 Å². The fraction of sp³-hybridized carbons (Fsp3) is 0.556. The van der Waals surface area contributed by atoms with E-state index < -0.39 is 9.84 Å². The van der Waals surface area contributed by atoms with E-state index in [-0.39, 0.29) is 35.9 Å². The van der Waals surface area contributed by atoms with Crippen LogP contribution in [0, 0.1) is 0 Å². The molecular weight excluding hydrogens is 356 g/mol. The third kappa shape index (κ3) is 4.97. The number of hydrogen-bond donors (Lipinski definition) is 0. The van der Waals surface area contributed by atoms with Crippen molar-refractivity contribution in [3.05, 3.63) is 24.3 Å². The largest absolute Gasteiger partial charge is 0.494 e. The first-order valence-electron chi connectivity index (χ1n) is 8.78. The van der Waals surface area contributed by atoms with E-state index in [2.05, 4.69) is 0 Å². The quantitative estimate of drug-likeness (QED) is 0.713. The highest BCUT2D eigenvalue weighted by atomic mass is 32.2. The van der Waals surface area contributed by atoms with Gasteiger partial charge < -0.3 is 14.5 Å². The maximum atomic E-state index is 12.7. The van der Waals surface area contributed by atoms with Crippen molar-refractivity contribution in [2.45, 2.75) is 33.2 Å². The highest BCUT2D eigenvalue weighted by molar-refractivity contribution is 7.91. The molecule has 2 amide bonds. The summed E-state index contributed by atoms with van der Waals surface area (Å²) in [6.45, 7) is 5.95. The third-order valence-corrected chi connectivity index (χ3v) is 6.19. The average Bonchev–Trinajstić information content (AvgIpc) is 2.94. The molecule has 0 spiro atoms. The van der Waals surface area contributed by atoms with Gasteiger partial charge in [0.25, 0.3) is 0 Å². The van der Waals surface area contributed by atoms with Gasteiger partial charge in [-0.3, -0.25) is 9.59 Å². The highest BCUT2D eigenvalue weighted by Crippen LogP contribution is 2.22. The number of rotatable bonds is 7. The molecule has 0 bridgehead atoms. The topological polar surface area (TPSA) is 84.0 Å². The molecule has 0 N–H and O–H groups in total. The molecule has 0 aliphatic carbocycles. The Labute approximate surface area is 154 Å². The normalized spacial score (nSPS) is 18.3. The van der Waals surface area contributed by atoms with E-state index in [1.54, 1.807) is 29.2 Å². The van der Waals surface area contributed by atoms with Gasteiger partial charge >= 0.3 is 0 Å². The fourth-order valence-electron chi connectivity index (χ4n) is 3.16. The number of nitrogens with zero attached hydrogens (tertiary/aromatic N) is 2. The molecule has 1 aromatic rings. The highest BCUT2D eigenvalue weighted by Gasteiger charge is 2.34. The van der Waals surface area contributed by atoms with E-state index in [0.29, 0.717) is 31.0 Å². The molecule has 7 nitrogen and oxygen atoms in total. The Hall–Kier alpha value is -2.09. The van der Waals surface area contributed by atoms with E-state index in [1.807, 2.05) is 13.8 Å². The van der Waals surface area contributed by atoms with Gasteiger partial charge in [0.2, 0.25) is 11.8 Å². The third-order valence-electron chi connectivity index (χ3n) is 4.44. The van der Waals surface area contributed by atoms with Gasteiger partial charge in [0.15, 0.2) is 9.84 Å². The lowest BCUT2D eigenvalue weighted by atomic mass is 10.2. The van der Waals surface area contributed by atoms with E-state index >= 15 is 0 Å². The maximum Gasteiger partial charge on any atom is 0.242 e. The summed E-state index contributed by atoms with van der Waals surface area (Å²) in [7, 11) is -3.08. The molecule has 1 aliphatic rings. The van der Waals surface area contributed by atoms with Gasteiger partial charge in [0.1, 0.15) is 12.3 Å². The fourth-order valence-corrected chi connectivity index (χ4v) is 4.89. The Morgan fingerprint density at radius 2 is 1.85 bits per heavy atom. The summed E-state index contributed by atoms with van der Waals surface area (Å²) in [4.78, 5) is 27.8. The predicted molar refractivity (Wildman–Crippen MR) is 100 cm³/mol. The summed E-state index contributed by atoms with van der Waals surface area (Å²) in [5, 5.41) is 0.